The molecule has 0 fully saturated rings. The van der Waals surface area contributed by atoms with Crippen LogP contribution in [0.25, 0.3) is 0 Å². The summed E-state index contributed by atoms with van der Waals surface area (Å²) in [4.78, 5) is 2.57. The SMILES string of the molecule is COc1ccc(Br)c(CN(C)c2ccc(C(N)=S)cc2)c1. The molecule has 0 radical (unpaired) electrons. The van der Waals surface area contributed by atoms with E-state index in [1.165, 1.54) is 0 Å². The number of hydrogen-bond donors (Lipinski definition) is 1. The quantitative estimate of drug-likeness (QED) is 0.820. The third-order valence-electron chi connectivity index (χ3n) is 3.25. The zero-order chi connectivity index (χ0) is 15.4. The van der Waals surface area contributed by atoms with Crippen LogP contribution in [0.15, 0.2) is 46.9 Å². The fraction of sp³-hybridized carbons (Fsp3) is 0.188. The zero-order valence-corrected chi connectivity index (χ0v) is 14.4. The third kappa shape index (κ3) is 3.95. The number of nitrogens with two attached hydrogens (primary N) is 1. The lowest BCUT2D eigenvalue weighted by molar-refractivity contribution is 0.414. The highest BCUT2D eigenvalue weighted by molar-refractivity contribution is 9.10. The predicted octanol–water partition coefficient (Wildman–Crippen LogP) is 3.73. The van der Waals surface area contributed by atoms with Crippen molar-refractivity contribution in [2.24, 2.45) is 5.73 Å². The van der Waals surface area contributed by atoms with E-state index >= 15 is 0 Å². The number of halogens is 1. The van der Waals surface area contributed by atoms with Crippen LogP contribution in [0.5, 0.6) is 5.75 Å². The van der Waals surface area contributed by atoms with Gasteiger partial charge in [-0.3, -0.25) is 0 Å². The molecule has 0 bridgehead atoms. The average molecular weight is 365 g/mol. The van der Waals surface area contributed by atoms with Gasteiger partial charge in [-0.2, -0.15) is 0 Å². The van der Waals surface area contributed by atoms with Crippen molar-refractivity contribution in [2.45, 2.75) is 6.54 Å². The van der Waals surface area contributed by atoms with Gasteiger partial charge in [-0.05, 0) is 48.0 Å². The first-order valence-corrected chi connectivity index (χ1v) is 7.65. The van der Waals surface area contributed by atoms with Crippen molar-refractivity contribution in [3.8, 4) is 5.75 Å². The van der Waals surface area contributed by atoms with Crippen LogP contribution in [-0.2, 0) is 6.54 Å². The van der Waals surface area contributed by atoms with Gasteiger partial charge in [0.05, 0.1) is 7.11 Å². The molecule has 2 rings (SSSR count). The summed E-state index contributed by atoms with van der Waals surface area (Å²) in [5.74, 6) is 0.852. The van der Waals surface area contributed by atoms with Gasteiger partial charge in [0.2, 0.25) is 0 Å². The van der Waals surface area contributed by atoms with Crippen LogP contribution in [0.4, 0.5) is 5.69 Å². The first kappa shape index (κ1) is 15.8. The minimum absolute atomic E-state index is 0.416. The van der Waals surface area contributed by atoms with Gasteiger partial charge >= 0.3 is 0 Å². The maximum absolute atomic E-state index is 5.61. The van der Waals surface area contributed by atoms with E-state index in [-0.39, 0.29) is 0 Å². The van der Waals surface area contributed by atoms with E-state index in [1.54, 1.807) is 7.11 Å². The molecule has 0 atom stereocenters. The average Bonchev–Trinajstić information content (AvgIpc) is 2.49. The smallest absolute Gasteiger partial charge is 0.119 e. The Morgan fingerprint density at radius 1 is 1.24 bits per heavy atom. The first-order valence-electron chi connectivity index (χ1n) is 6.44. The molecule has 2 N–H and O–H groups in total. The van der Waals surface area contributed by atoms with Gasteiger partial charge in [0.15, 0.2) is 0 Å². The molecule has 0 saturated heterocycles. The Balaban J connectivity index is 2.17. The van der Waals surface area contributed by atoms with Crippen molar-refractivity contribution < 1.29 is 4.74 Å². The number of anilines is 1. The molecule has 3 nitrogen and oxygen atoms in total. The zero-order valence-electron chi connectivity index (χ0n) is 12.0. The summed E-state index contributed by atoms with van der Waals surface area (Å²) in [6.45, 7) is 0.768. The summed E-state index contributed by atoms with van der Waals surface area (Å²) in [6, 6.07) is 13.9. The summed E-state index contributed by atoms with van der Waals surface area (Å²) in [5.41, 5.74) is 8.76. The largest absolute Gasteiger partial charge is 0.497 e. The van der Waals surface area contributed by atoms with E-state index < -0.39 is 0 Å². The molecule has 0 aromatic heterocycles. The highest BCUT2D eigenvalue weighted by Crippen LogP contribution is 2.25. The second kappa shape index (κ2) is 6.91. The van der Waals surface area contributed by atoms with Crippen molar-refractivity contribution >= 4 is 38.8 Å². The van der Waals surface area contributed by atoms with E-state index in [0.29, 0.717) is 4.99 Å². The molecule has 21 heavy (non-hydrogen) atoms. The fourth-order valence-electron chi connectivity index (χ4n) is 2.03. The maximum atomic E-state index is 5.61. The van der Waals surface area contributed by atoms with E-state index in [1.807, 2.05) is 49.5 Å². The number of ether oxygens (including phenoxy) is 1. The van der Waals surface area contributed by atoms with E-state index in [4.69, 9.17) is 22.7 Å². The molecule has 0 heterocycles. The minimum Gasteiger partial charge on any atom is -0.497 e. The summed E-state index contributed by atoms with van der Waals surface area (Å²) < 4.78 is 6.34. The molecule has 5 heteroatoms. The molecular weight excluding hydrogens is 348 g/mol. The monoisotopic (exact) mass is 364 g/mol. The standard InChI is InChI=1S/C16H17BrN2OS/c1-19(13-5-3-11(4-6-13)16(18)21)10-12-9-14(20-2)7-8-15(12)17/h3-9H,10H2,1-2H3,(H2,18,21). The lowest BCUT2D eigenvalue weighted by Crippen LogP contribution is -2.17. The highest BCUT2D eigenvalue weighted by atomic mass is 79.9. The molecule has 0 amide bonds. The van der Waals surface area contributed by atoms with Crippen molar-refractivity contribution in [3.63, 3.8) is 0 Å². The van der Waals surface area contributed by atoms with Crippen LogP contribution in [0.3, 0.4) is 0 Å². The molecule has 2 aromatic rings. The molecule has 0 aliphatic carbocycles. The Morgan fingerprint density at radius 2 is 1.90 bits per heavy atom. The first-order chi connectivity index (χ1) is 10.0. The topological polar surface area (TPSA) is 38.5 Å². The second-order valence-electron chi connectivity index (χ2n) is 4.72. The van der Waals surface area contributed by atoms with Gasteiger partial charge in [-0.15, -0.1) is 0 Å². The van der Waals surface area contributed by atoms with E-state index in [2.05, 4.69) is 20.8 Å². The number of thiocarbonyl (C=S) groups is 1. The van der Waals surface area contributed by atoms with Crippen molar-refractivity contribution in [3.05, 3.63) is 58.1 Å². The van der Waals surface area contributed by atoms with Crippen molar-refractivity contribution in [1.82, 2.24) is 0 Å². The van der Waals surface area contributed by atoms with Crippen LogP contribution in [0.1, 0.15) is 11.1 Å². The van der Waals surface area contributed by atoms with Gasteiger partial charge in [0, 0.05) is 29.3 Å². The number of rotatable bonds is 5. The van der Waals surface area contributed by atoms with Crippen molar-refractivity contribution in [2.75, 3.05) is 19.1 Å². The summed E-state index contributed by atoms with van der Waals surface area (Å²) in [5, 5.41) is 0. The molecule has 2 aromatic carbocycles. The van der Waals surface area contributed by atoms with E-state index in [9.17, 15) is 0 Å². The molecule has 0 aliphatic heterocycles. The number of benzene rings is 2. The Hall–Kier alpha value is -1.59. The van der Waals surface area contributed by atoms with Crippen LogP contribution >= 0.6 is 28.1 Å². The van der Waals surface area contributed by atoms with Crippen LogP contribution in [-0.4, -0.2) is 19.1 Å². The van der Waals surface area contributed by atoms with Crippen LogP contribution in [0.2, 0.25) is 0 Å². The minimum atomic E-state index is 0.416. The van der Waals surface area contributed by atoms with Gasteiger partial charge in [0.1, 0.15) is 10.7 Å². The number of methoxy groups -OCH3 is 1. The van der Waals surface area contributed by atoms with Gasteiger partial charge < -0.3 is 15.4 Å². The van der Waals surface area contributed by atoms with Gasteiger partial charge in [-0.25, -0.2) is 0 Å². The molecule has 110 valence electrons. The summed E-state index contributed by atoms with van der Waals surface area (Å²) in [6.07, 6.45) is 0. The lowest BCUT2D eigenvalue weighted by atomic mass is 10.1. The molecule has 0 aliphatic rings. The number of nitrogens with zero attached hydrogens (tertiary/aromatic N) is 1. The molecule has 0 unspecified atom stereocenters. The molecular formula is C16H17BrN2OS. The fourth-order valence-corrected chi connectivity index (χ4v) is 2.53. The van der Waals surface area contributed by atoms with Crippen molar-refractivity contribution in [1.29, 1.82) is 0 Å². The van der Waals surface area contributed by atoms with Gasteiger partial charge in [0.25, 0.3) is 0 Å². The second-order valence-corrected chi connectivity index (χ2v) is 6.02. The normalized spacial score (nSPS) is 10.2. The summed E-state index contributed by atoms with van der Waals surface area (Å²) in [7, 11) is 3.72. The molecule has 0 saturated carbocycles. The van der Waals surface area contributed by atoms with Crippen LogP contribution in [0, 0.1) is 0 Å². The predicted molar refractivity (Wildman–Crippen MR) is 95.1 cm³/mol. The Morgan fingerprint density at radius 3 is 2.48 bits per heavy atom. The van der Waals surface area contributed by atoms with Gasteiger partial charge in [-0.1, -0.05) is 28.1 Å². The Kier molecular flexibility index (Phi) is 5.20. The number of hydrogen-bond acceptors (Lipinski definition) is 3. The Bertz CT molecular complexity index is 643. The highest BCUT2D eigenvalue weighted by Gasteiger charge is 2.07. The summed E-state index contributed by atoms with van der Waals surface area (Å²) >= 11 is 8.54. The molecule has 0 spiro atoms. The van der Waals surface area contributed by atoms with E-state index in [0.717, 1.165) is 33.6 Å². The van der Waals surface area contributed by atoms with Crippen LogP contribution < -0.4 is 15.4 Å². The third-order valence-corrected chi connectivity index (χ3v) is 4.26. The lowest BCUT2D eigenvalue weighted by Gasteiger charge is -2.21. The Labute approximate surface area is 138 Å². The maximum Gasteiger partial charge on any atom is 0.119 e.